The smallest absolute Gasteiger partial charge is 0.413 e. The highest BCUT2D eigenvalue weighted by molar-refractivity contribution is 6.12. The Kier molecular flexibility index (Phi) is 5.26. The van der Waals surface area contributed by atoms with E-state index in [1.54, 1.807) is 36.8 Å². The van der Waals surface area contributed by atoms with Crippen molar-refractivity contribution in [3.8, 4) is 11.3 Å². The zero-order valence-electron chi connectivity index (χ0n) is 16.6. The maximum Gasteiger partial charge on any atom is 0.413 e. The molecule has 4 rings (SSSR count). The molecule has 0 aliphatic carbocycles. The Morgan fingerprint density at radius 3 is 2.63 bits per heavy atom. The fraction of sp³-hybridized carbons (Fsp3) is 0.130. The molecule has 0 bridgehead atoms. The molecule has 7 heteroatoms. The zero-order chi connectivity index (χ0) is 21.1. The molecule has 0 aliphatic rings. The number of benzene rings is 2. The summed E-state index contributed by atoms with van der Waals surface area (Å²) in [7, 11) is 1.66. The van der Waals surface area contributed by atoms with Crippen molar-refractivity contribution in [1.82, 2.24) is 14.6 Å². The van der Waals surface area contributed by atoms with E-state index in [4.69, 9.17) is 4.74 Å². The molecule has 0 N–H and O–H groups in total. The van der Waals surface area contributed by atoms with E-state index < -0.39 is 6.09 Å². The summed E-state index contributed by atoms with van der Waals surface area (Å²) in [5.74, 6) is -0.133. The molecule has 1 amide bonds. The van der Waals surface area contributed by atoms with E-state index in [1.165, 1.54) is 11.1 Å². The Morgan fingerprint density at radius 2 is 1.87 bits per heavy atom. The maximum absolute atomic E-state index is 12.9. The van der Waals surface area contributed by atoms with Gasteiger partial charge in [-0.15, -0.1) is 0 Å². The van der Waals surface area contributed by atoms with Gasteiger partial charge in [0, 0.05) is 30.1 Å². The van der Waals surface area contributed by atoms with Crippen LogP contribution in [0.25, 0.3) is 16.9 Å². The van der Waals surface area contributed by atoms with Gasteiger partial charge in [-0.1, -0.05) is 42.5 Å². The summed E-state index contributed by atoms with van der Waals surface area (Å²) in [5, 5.41) is 4.41. The lowest BCUT2D eigenvalue weighted by atomic mass is 10.1. The highest BCUT2D eigenvalue weighted by Gasteiger charge is 2.18. The minimum Gasteiger partial charge on any atom is -0.449 e. The van der Waals surface area contributed by atoms with Crippen molar-refractivity contribution in [1.29, 1.82) is 0 Å². The number of aromatic nitrogens is 3. The van der Waals surface area contributed by atoms with E-state index in [-0.39, 0.29) is 5.78 Å². The molecule has 0 spiro atoms. The van der Waals surface area contributed by atoms with Gasteiger partial charge in [0.1, 0.15) is 0 Å². The Bertz CT molecular complexity index is 1220. The molecule has 7 nitrogen and oxygen atoms in total. The lowest BCUT2D eigenvalue weighted by Gasteiger charge is -2.17. The van der Waals surface area contributed by atoms with Crippen LogP contribution in [0.15, 0.2) is 73.1 Å². The van der Waals surface area contributed by atoms with Gasteiger partial charge in [-0.25, -0.2) is 14.3 Å². The average molecular weight is 400 g/mol. The molecule has 0 saturated heterocycles. The summed E-state index contributed by atoms with van der Waals surface area (Å²) in [6.45, 7) is 2.07. The molecule has 150 valence electrons. The largest absolute Gasteiger partial charge is 0.449 e. The third-order valence-corrected chi connectivity index (χ3v) is 4.75. The van der Waals surface area contributed by atoms with E-state index in [9.17, 15) is 9.59 Å². The SMILES string of the molecule is CCOC(=O)N(C)c1cccc(-c2ccnc3c(C(=O)c4ccccc4)cnn23)c1. The molecule has 30 heavy (non-hydrogen) atoms. The molecule has 0 radical (unpaired) electrons. The minimum absolute atomic E-state index is 0.133. The van der Waals surface area contributed by atoms with E-state index >= 15 is 0 Å². The van der Waals surface area contributed by atoms with Crippen LogP contribution in [0.5, 0.6) is 0 Å². The highest BCUT2D eigenvalue weighted by atomic mass is 16.6. The van der Waals surface area contributed by atoms with Crippen LogP contribution in [-0.4, -0.2) is 40.1 Å². The molecular formula is C23H20N4O3. The Morgan fingerprint density at radius 1 is 1.07 bits per heavy atom. The number of ketones is 1. The van der Waals surface area contributed by atoms with Crippen LogP contribution >= 0.6 is 0 Å². The lowest BCUT2D eigenvalue weighted by molar-refractivity contribution is 0.104. The molecule has 0 saturated carbocycles. The number of hydrogen-bond donors (Lipinski definition) is 0. The van der Waals surface area contributed by atoms with Crippen molar-refractivity contribution in [2.24, 2.45) is 0 Å². The number of hydrogen-bond acceptors (Lipinski definition) is 5. The third-order valence-electron chi connectivity index (χ3n) is 4.75. The van der Waals surface area contributed by atoms with Crippen molar-refractivity contribution >= 4 is 23.2 Å². The van der Waals surface area contributed by atoms with Gasteiger partial charge >= 0.3 is 6.09 Å². The van der Waals surface area contributed by atoms with Crippen LogP contribution in [0.2, 0.25) is 0 Å². The van der Waals surface area contributed by atoms with Crippen LogP contribution in [0.1, 0.15) is 22.8 Å². The van der Waals surface area contributed by atoms with Gasteiger partial charge in [0.25, 0.3) is 0 Å². The molecule has 0 aliphatic heterocycles. The fourth-order valence-corrected chi connectivity index (χ4v) is 3.21. The van der Waals surface area contributed by atoms with E-state index in [0.29, 0.717) is 29.1 Å². The van der Waals surface area contributed by atoms with E-state index in [0.717, 1.165) is 11.3 Å². The quantitative estimate of drug-likeness (QED) is 0.469. The van der Waals surface area contributed by atoms with E-state index in [2.05, 4.69) is 10.1 Å². The number of anilines is 1. The first-order valence-corrected chi connectivity index (χ1v) is 9.53. The molecule has 2 aromatic heterocycles. The average Bonchev–Trinajstić information content (AvgIpc) is 3.23. The van der Waals surface area contributed by atoms with Gasteiger partial charge in [0.15, 0.2) is 11.4 Å². The molecular weight excluding hydrogens is 380 g/mol. The zero-order valence-corrected chi connectivity index (χ0v) is 16.6. The summed E-state index contributed by atoms with van der Waals surface area (Å²) < 4.78 is 6.71. The van der Waals surface area contributed by atoms with Gasteiger partial charge in [-0.05, 0) is 25.1 Å². The summed E-state index contributed by atoms with van der Waals surface area (Å²) >= 11 is 0. The predicted molar refractivity (Wildman–Crippen MR) is 114 cm³/mol. The monoisotopic (exact) mass is 400 g/mol. The number of carbonyl (C=O) groups excluding carboxylic acids is 2. The number of rotatable bonds is 5. The predicted octanol–water partition coefficient (Wildman–Crippen LogP) is 4.22. The Balaban J connectivity index is 1.75. The molecule has 2 aromatic carbocycles. The first-order chi connectivity index (χ1) is 14.6. The fourth-order valence-electron chi connectivity index (χ4n) is 3.21. The topological polar surface area (TPSA) is 76.8 Å². The van der Waals surface area contributed by atoms with Crippen LogP contribution < -0.4 is 4.90 Å². The van der Waals surface area contributed by atoms with Gasteiger partial charge < -0.3 is 4.74 Å². The first kappa shape index (κ1) is 19.3. The van der Waals surface area contributed by atoms with E-state index in [1.807, 2.05) is 48.5 Å². The van der Waals surface area contributed by atoms with Crippen molar-refractivity contribution < 1.29 is 14.3 Å². The first-order valence-electron chi connectivity index (χ1n) is 9.53. The lowest BCUT2D eigenvalue weighted by Crippen LogP contribution is -2.26. The van der Waals surface area contributed by atoms with Crippen LogP contribution in [0.4, 0.5) is 10.5 Å². The summed E-state index contributed by atoms with van der Waals surface area (Å²) in [5.41, 5.74) is 3.76. The van der Waals surface area contributed by atoms with Crippen LogP contribution in [-0.2, 0) is 4.74 Å². The second-order valence-corrected chi connectivity index (χ2v) is 6.63. The van der Waals surface area contributed by atoms with Gasteiger partial charge in [-0.3, -0.25) is 9.69 Å². The van der Waals surface area contributed by atoms with Gasteiger partial charge in [0.05, 0.1) is 24.1 Å². The van der Waals surface area contributed by atoms with Crippen LogP contribution in [0.3, 0.4) is 0 Å². The molecule has 0 fully saturated rings. The minimum atomic E-state index is -0.427. The molecule has 0 atom stereocenters. The second kappa shape index (κ2) is 8.16. The maximum atomic E-state index is 12.9. The second-order valence-electron chi connectivity index (χ2n) is 6.63. The van der Waals surface area contributed by atoms with Crippen LogP contribution in [0, 0.1) is 0 Å². The Labute approximate surface area is 173 Å². The number of fused-ring (bicyclic) bond motifs is 1. The summed E-state index contributed by atoms with van der Waals surface area (Å²) in [6, 6.07) is 18.3. The summed E-state index contributed by atoms with van der Waals surface area (Å²) in [4.78, 5) is 30.8. The molecule has 0 unspecified atom stereocenters. The van der Waals surface area contributed by atoms with Crippen molar-refractivity contribution in [3.63, 3.8) is 0 Å². The van der Waals surface area contributed by atoms with Crippen molar-refractivity contribution in [2.75, 3.05) is 18.6 Å². The van der Waals surface area contributed by atoms with Gasteiger partial charge in [-0.2, -0.15) is 5.10 Å². The normalized spacial score (nSPS) is 10.7. The molecule has 4 aromatic rings. The van der Waals surface area contributed by atoms with Gasteiger partial charge in [0.2, 0.25) is 0 Å². The number of ether oxygens (including phenoxy) is 1. The third kappa shape index (κ3) is 3.53. The van der Waals surface area contributed by atoms with Crippen molar-refractivity contribution in [3.05, 3.63) is 84.2 Å². The van der Waals surface area contributed by atoms with Crippen molar-refractivity contribution in [2.45, 2.75) is 6.92 Å². The standard InChI is InChI=1S/C23H20N4O3/c1-3-30-23(29)26(2)18-11-7-10-17(14-18)20-12-13-24-22-19(15-25-27(20)22)21(28)16-8-5-4-6-9-16/h4-15H,3H2,1-2H3. The Hall–Kier alpha value is -4.00. The number of nitrogens with zero attached hydrogens (tertiary/aromatic N) is 4. The molecule has 2 heterocycles. The number of amides is 1. The highest BCUT2D eigenvalue weighted by Crippen LogP contribution is 2.26. The number of carbonyl (C=O) groups is 2. The summed E-state index contributed by atoms with van der Waals surface area (Å²) in [6.07, 6.45) is 2.76.